The van der Waals surface area contributed by atoms with Gasteiger partial charge in [0.2, 0.25) is 0 Å². The van der Waals surface area contributed by atoms with Crippen LogP contribution in [0.4, 0.5) is 113 Å². The van der Waals surface area contributed by atoms with Gasteiger partial charge in [0.05, 0.1) is 98.7 Å². The summed E-state index contributed by atoms with van der Waals surface area (Å²) in [6, 6.07) is 15.0. The zero-order valence-electron chi connectivity index (χ0n) is 54.8. The number of anilines is 8. The maximum Gasteiger partial charge on any atom is 0.415 e. The summed E-state index contributed by atoms with van der Waals surface area (Å²) in [6.07, 6.45) is 3.87. The van der Waals surface area contributed by atoms with Crippen LogP contribution in [0.2, 0.25) is 10.0 Å². The van der Waals surface area contributed by atoms with Crippen LogP contribution in [0.25, 0.3) is 32.7 Å². The molecular formula is C66H60Cl2F12N14O10. The maximum absolute atomic E-state index is 14.5. The largest absolute Gasteiger partial charge is 0.494 e. The van der Waals surface area contributed by atoms with Crippen LogP contribution in [0.15, 0.2) is 91.8 Å². The van der Waals surface area contributed by atoms with Gasteiger partial charge in [0.15, 0.2) is 29.0 Å². The SMILES string of the molecule is COc1cc2ncnc(Nc3ccc(F)c(C)c3F)c2cc1NC(=O)N1CC(OC(F)F)C1.COc1cc2ncnc(Nc3ccc(F)c(Cl)c3F)c2cc1NC(=O)N1CCC(COC(F)F)CC1.COc1cc2ncnc(Nc3ccc(F)c(Cl)c3F)c2cc1OC(=O)N1CC[C@@H](COC(F)F)C1. The van der Waals surface area contributed by atoms with Gasteiger partial charge in [-0.05, 0) is 86.7 Å². The molecule has 12 rings (SSSR count). The lowest BCUT2D eigenvalue weighted by atomic mass is 9.98. The Bertz CT molecular complexity index is 4620. The number of ether oxygens (including phenoxy) is 7. The van der Waals surface area contributed by atoms with Crippen molar-refractivity contribution in [2.45, 2.75) is 52.1 Å². The first-order valence-corrected chi connectivity index (χ1v) is 31.9. The molecule has 104 heavy (non-hydrogen) atoms. The van der Waals surface area contributed by atoms with E-state index in [2.05, 4.69) is 70.7 Å². The quantitative estimate of drug-likeness (QED) is 0.0351. The Kier molecular flexibility index (Phi) is 25.1. The Hall–Kier alpha value is -10.4. The number of methoxy groups -OCH3 is 3. The summed E-state index contributed by atoms with van der Waals surface area (Å²) in [5.74, 6) is -4.10. The van der Waals surface area contributed by atoms with Gasteiger partial charge in [0.25, 0.3) is 0 Å². The summed E-state index contributed by atoms with van der Waals surface area (Å²) in [6.45, 7) is -6.20. The van der Waals surface area contributed by atoms with Gasteiger partial charge in [-0.25, -0.2) is 70.6 Å². The number of nitrogens with zero attached hydrogens (tertiary/aromatic N) is 9. The molecule has 3 saturated heterocycles. The van der Waals surface area contributed by atoms with Crippen LogP contribution in [-0.4, -0.2) is 163 Å². The number of carbonyl (C=O) groups is 3. The number of benzene rings is 6. The van der Waals surface area contributed by atoms with E-state index in [1.165, 1.54) is 87.4 Å². The number of likely N-dealkylation sites (tertiary alicyclic amines) is 3. The minimum absolute atomic E-state index is 0.0148. The number of urea groups is 2. The van der Waals surface area contributed by atoms with Gasteiger partial charge in [0.1, 0.15) is 75.4 Å². The number of carbonyl (C=O) groups excluding carboxylic acids is 3. The molecule has 3 aromatic heterocycles. The van der Waals surface area contributed by atoms with Gasteiger partial charge in [0, 0.05) is 72.0 Å². The van der Waals surface area contributed by atoms with Gasteiger partial charge in [-0.15, -0.1) is 0 Å². The number of amides is 5. The lowest BCUT2D eigenvalue weighted by molar-refractivity contribution is -0.188. The van der Waals surface area contributed by atoms with Crippen molar-refractivity contribution in [3.63, 3.8) is 0 Å². The van der Waals surface area contributed by atoms with Crippen LogP contribution < -0.4 is 45.5 Å². The molecule has 0 bridgehead atoms. The number of hydrogen-bond donors (Lipinski definition) is 5. The molecular weight excluding hydrogens is 1450 g/mol. The number of alkyl halides is 6. The first-order chi connectivity index (χ1) is 49.8. The lowest BCUT2D eigenvalue weighted by Crippen LogP contribution is -2.56. The van der Waals surface area contributed by atoms with Crippen LogP contribution in [0.1, 0.15) is 24.8 Å². The normalized spacial score (nSPS) is 14.6. The van der Waals surface area contributed by atoms with Crippen molar-refractivity contribution in [1.82, 2.24) is 44.6 Å². The Balaban J connectivity index is 0.000000168. The first-order valence-electron chi connectivity index (χ1n) is 31.1. The molecule has 3 fully saturated rings. The minimum atomic E-state index is -2.90. The van der Waals surface area contributed by atoms with Crippen molar-refractivity contribution in [1.29, 1.82) is 0 Å². The van der Waals surface area contributed by atoms with E-state index < -0.39 is 89.0 Å². The topological polar surface area (TPSA) is 263 Å². The Morgan fingerprint density at radius 3 is 1.36 bits per heavy atom. The highest BCUT2D eigenvalue weighted by Gasteiger charge is 2.35. The van der Waals surface area contributed by atoms with Crippen LogP contribution in [-0.2, 0) is 14.2 Å². The smallest absolute Gasteiger partial charge is 0.415 e. The average Bonchev–Trinajstić information content (AvgIpc) is 0.802. The predicted octanol–water partition coefficient (Wildman–Crippen LogP) is 15.6. The minimum Gasteiger partial charge on any atom is -0.494 e. The highest BCUT2D eigenvalue weighted by molar-refractivity contribution is 6.31. The van der Waals surface area contributed by atoms with E-state index in [9.17, 15) is 67.1 Å². The second-order valence-corrected chi connectivity index (χ2v) is 23.8. The van der Waals surface area contributed by atoms with Crippen molar-refractivity contribution in [3.05, 3.63) is 142 Å². The molecule has 5 amide bonds. The van der Waals surface area contributed by atoms with Gasteiger partial charge < -0.3 is 74.4 Å². The van der Waals surface area contributed by atoms with E-state index in [1.54, 1.807) is 23.1 Å². The molecule has 6 aromatic carbocycles. The van der Waals surface area contributed by atoms with Crippen molar-refractivity contribution >= 4 is 120 Å². The molecule has 3 aliphatic rings. The van der Waals surface area contributed by atoms with Crippen molar-refractivity contribution in [2.24, 2.45) is 11.8 Å². The highest BCUT2D eigenvalue weighted by Crippen LogP contribution is 2.40. The van der Waals surface area contributed by atoms with E-state index >= 15 is 0 Å². The van der Waals surface area contributed by atoms with E-state index in [1.807, 2.05) is 0 Å². The maximum atomic E-state index is 14.5. The molecule has 1 atom stereocenters. The summed E-state index contributed by atoms with van der Waals surface area (Å²) in [7, 11) is 4.22. The third-order valence-corrected chi connectivity index (χ3v) is 17.1. The number of piperidine rings is 1. The van der Waals surface area contributed by atoms with E-state index in [0.717, 1.165) is 24.3 Å². The molecule has 6 heterocycles. The lowest BCUT2D eigenvalue weighted by Gasteiger charge is -2.38. The van der Waals surface area contributed by atoms with Gasteiger partial charge >= 0.3 is 38.0 Å². The van der Waals surface area contributed by atoms with Crippen LogP contribution in [0.5, 0.6) is 23.0 Å². The summed E-state index contributed by atoms with van der Waals surface area (Å²) in [4.78, 5) is 67.2. The molecule has 0 radical (unpaired) electrons. The number of nitrogens with one attached hydrogen (secondary N) is 5. The average molecular weight is 1510 g/mol. The monoisotopic (exact) mass is 1510 g/mol. The number of halogens is 14. The molecule has 9 aromatic rings. The van der Waals surface area contributed by atoms with Crippen LogP contribution in [0, 0.1) is 53.7 Å². The standard InChI is InChI=1S/C23H22ClF4N5O3.C22H19ClF4N4O4.C21H19F4N5O3/c1-35-18-9-16-13(21(30-11-29-16)31-15-3-2-14(25)19(24)20(15)26)8-17(18)32-23(34)33-6-4-12(5-7-33)10-36-22(27)28;1-33-16-7-15-12(20(29-10-28-15)30-14-3-2-13(24)18(23)19(14)25)6-17(16)35-22(32)31-5-4-11(8-31)9-34-21(26)27;1-10-13(22)3-4-14(18(10)23)28-19-12-5-16(17(32-2)6-15(12)26-9-27-19)29-21(31)30-7-11(8-30)33-20(24)25/h2-3,8-9,11-12,22H,4-7,10H2,1H3,(H,32,34)(H,29,30,31);2-3,6-7,10-11,21H,4-5,8-9H2,1H3,(H,28,29,30);3-6,9,11,20H,7-8H2,1-2H3,(H,29,31)(H,26,27,28)/t;11-;/m.1./s1. The number of hydrogen-bond acceptors (Lipinski definition) is 19. The molecule has 24 nitrogen and oxygen atoms in total. The molecule has 5 N–H and O–H groups in total. The molecule has 0 unspecified atom stereocenters. The fraction of sp³-hybridized carbons (Fsp3) is 0.318. The number of rotatable bonds is 20. The van der Waals surface area contributed by atoms with Crippen LogP contribution in [0.3, 0.4) is 0 Å². The van der Waals surface area contributed by atoms with Gasteiger partial charge in [-0.3, -0.25) is 0 Å². The Labute approximate surface area is 592 Å². The van der Waals surface area contributed by atoms with Crippen LogP contribution >= 0.6 is 23.2 Å². The van der Waals surface area contributed by atoms with Gasteiger partial charge in [-0.1, -0.05) is 23.2 Å². The van der Waals surface area contributed by atoms with E-state index in [0.29, 0.717) is 88.8 Å². The Morgan fingerprint density at radius 1 is 0.481 bits per heavy atom. The summed E-state index contributed by atoms with van der Waals surface area (Å²) >= 11 is 11.3. The summed E-state index contributed by atoms with van der Waals surface area (Å²) in [5, 5.41) is 13.7. The zero-order chi connectivity index (χ0) is 74.6. The molecule has 0 saturated carbocycles. The number of fused-ring (bicyclic) bond motifs is 3. The number of aromatic nitrogens is 6. The summed E-state index contributed by atoms with van der Waals surface area (Å²) < 4.78 is 192. The van der Waals surface area contributed by atoms with Crippen molar-refractivity contribution < 1.29 is 100 Å². The summed E-state index contributed by atoms with van der Waals surface area (Å²) in [5.41, 5.74) is 1.50. The molecule has 552 valence electrons. The third kappa shape index (κ3) is 18.5. The predicted molar refractivity (Wildman–Crippen MR) is 356 cm³/mol. The highest BCUT2D eigenvalue weighted by atomic mass is 35.5. The fourth-order valence-electron chi connectivity index (χ4n) is 10.9. The molecule has 3 aliphatic heterocycles. The van der Waals surface area contributed by atoms with Crippen molar-refractivity contribution in [2.75, 3.05) is 100 Å². The van der Waals surface area contributed by atoms with E-state index in [-0.39, 0.29) is 102 Å². The fourth-order valence-corrected chi connectivity index (χ4v) is 11.3. The molecule has 0 spiro atoms. The first kappa shape index (κ1) is 76.2. The van der Waals surface area contributed by atoms with Crippen molar-refractivity contribution in [3.8, 4) is 23.0 Å². The molecule has 0 aliphatic carbocycles. The second kappa shape index (κ2) is 34.2. The zero-order valence-corrected chi connectivity index (χ0v) is 56.3. The van der Waals surface area contributed by atoms with Gasteiger partial charge in [-0.2, -0.15) is 26.3 Å². The third-order valence-electron chi connectivity index (χ3n) is 16.5. The second-order valence-electron chi connectivity index (χ2n) is 23.1. The van der Waals surface area contributed by atoms with E-state index in [4.69, 9.17) is 42.1 Å². The molecule has 38 heteroatoms. The Morgan fingerprint density at radius 2 is 0.894 bits per heavy atom.